The molecule has 0 saturated carbocycles. The fourth-order valence-electron chi connectivity index (χ4n) is 2.47. The van der Waals surface area contributed by atoms with E-state index in [0.29, 0.717) is 17.8 Å². The van der Waals surface area contributed by atoms with E-state index in [1.54, 1.807) is 6.20 Å². The SMILES string of the molecule is CC1CN(c2ccnc(N)c2)CC1N(C)C. The first-order valence-corrected chi connectivity index (χ1v) is 5.71. The molecule has 4 heteroatoms. The Hall–Kier alpha value is -1.29. The third kappa shape index (κ3) is 2.11. The topological polar surface area (TPSA) is 45.4 Å². The van der Waals surface area contributed by atoms with Gasteiger partial charge in [-0.3, -0.25) is 0 Å². The molecule has 2 N–H and O–H groups in total. The molecule has 2 rings (SSSR count). The quantitative estimate of drug-likeness (QED) is 0.809. The lowest BCUT2D eigenvalue weighted by Crippen LogP contribution is -2.34. The summed E-state index contributed by atoms with van der Waals surface area (Å²) >= 11 is 0. The first kappa shape index (κ1) is 11.2. The molecule has 2 unspecified atom stereocenters. The van der Waals surface area contributed by atoms with Gasteiger partial charge in [-0.2, -0.15) is 0 Å². The van der Waals surface area contributed by atoms with Gasteiger partial charge < -0.3 is 15.5 Å². The Morgan fingerprint density at radius 3 is 2.75 bits per heavy atom. The van der Waals surface area contributed by atoms with Crippen LogP contribution in [-0.2, 0) is 0 Å². The summed E-state index contributed by atoms with van der Waals surface area (Å²) in [4.78, 5) is 8.71. The van der Waals surface area contributed by atoms with E-state index < -0.39 is 0 Å². The molecule has 0 aromatic carbocycles. The van der Waals surface area contributed by atoms with Crippen molar-refractivity contribution < 1.29 is 0 Å². The van der Waals surface area contributed by atoms with Gasteiger partial charge in [0.25, 0.3) is 0 Å². The molecule has 1 saturated heterocycles. The van der Waals surface area contributed by atoms with E-state index in [1.807, 2.05) is 12.1 Å². The number of pyridine rings is 1. The molecule has 0 bridgehead atoms. The lowest BCUT2D eigenvalue weighted by Gasteiger charge is -2.23. The van der Waals surface area contributed by atoms with Crippen molar-refractivity contribution in [1.82, 2.24) is 9.88 Å². The number of hydrogen-bond acceptors (Lipinski definition) is 4. The third-order valence-corrected chi connectivity index (χ3v) is 3.37. The number of nitrogens with two attached hydrogens (primary N) is 1. The Morgan fingerprint density at radius 2 is 2.19 bits per heavy atom. The van der Waals surface area contributed by atoms with Gasteiger partial charge in [0.2, 0.25) is 0 Å². The summed E-state index contributed by atoms with van der Waals surface area (Å²) in [6, 6.07) is 4.60. The van der Waals surface area contributed by atoms with Gasteiger partial charge in [0.1, 0.15) is 5.82 Å². The van der Waals surface area contributed by atoms with Crippen LogP contribution < -0.4 is 10.6 Å². The highest BCUT2D eigenvalue weighted by molar-refractivity contribution is 5.53. The van der Waals surface area contributed by atoms with Crippen LogP contribution >= 0.6 is 0 Å². The molecule has 2 atom stereocenters. The lowest BCUT2D eigenvalue weighted by atomic mass is 10.1. The normalized spacial score (nSPS) is 25.4. The first-order valence-electron chi connectivity index (χ1n) is 5.71. The molecule has 2 heterocycles. The van der Waals surface area contributed by atoms with Crippen molar-refractivity contribution in [1.29, 1.82) is 0 Å². The predicted octanol–water partition coefficient (Wildman–Crippen LogP) is 1.05. The number of rotatable bonds is 2. The molecule has 0 spiro atoms. The smallest absolute Gasteiger partial charge is 0.125 e. The average Bonchev–Trinajstić information content (AvgIpc) is 2.60. The zero-order chi connectivity index (χ0) is 11.7. The number of likely N-dealkylation sites (N-methyl/N-ethyl adjacent to an activating group) is 1. The van der Waals surface area contributed by atoms with Gasteiger partial charge in [-0.1, -0.05) is 6.92 Å². The van der Waals surface area contributed by atoms with Crippen molar-refractivity contribution in [3.63, 3.8) is 0 Å². The molecule has 16 heavy (non-hydrogen) atoms. The molecule has 4 nitrogen and oxygen atoms in total. The second-order valence-corrected chi connectivity index (χ2v) is 4.85. The Labute approximate surface area is 97.1 Å². The van der Waals surface area contributed by atoms with E-state index >= 15 is 0 Å². The van der Waals surface area contributed by atoms with Crippen LogP contribution in [0.4, 0.5) is 11.5 Å². The molecule has 0 radical (unpaired) electrons. The monoisotopic (exact) mass is 220 g/mol. The van der Waals surface area contributed by atoms with Crippen molar-refractivity contribution in [2.75, 3.05) is 37.8 Å². The first-order chi connectivity index (χ1) is 7.58. The highest BCUT2D eigenvalue weighted by Gasteiger charge is 2.30. The molecule has 1 aromatic heterocycles. The van der Waals surface area contributed by atoms with E-state index in [2.05, 4.69) is 35.8 Å². The Morgan fingerprint density at radius 1 is 1.44 bits per heavy atom. The van der Waals surface area contributed by atoms with Crippen LogP contribution in [0.15, 0.2) is 18.3 Å². The van der Waals surface area contributed by atoms with E-state index in [1.165, 1.54) is 5.69 Å². The molecule has 1 aliphatic heterocycles. The van der Waals surface area contributed by atoms with Crippen LogP contribution in [0.2, 0.25) is 0 Å². The summed E-state index contributed by atoms with van der Waals surface area (Å²) in [7, 11) is 4.29. The molecule has 0 amide bonds. The maximum Gasteiger partial charge on any atom is 0.125 e. The largest absolute Gasteiger partial charge is 0.384 e. The fraction of sp³-hybridized carbons (Fsp3) is 0.583. The molecule has 1 aliphatic rings. The van der Waals surface area contributed by atoms with Gasteiger partial charge in [0.15, 0.2) is 0 Å². The van der Waals surface area contributed by atoms with Crippen molar-refractivity contribution in [2.45, 2.75) is 13.0 Å². The van der Waals surface area contributed by atoms with E-state index in [0.717, 1.165) is 13.1 Å². The molecule has 0 aliphatic carbocycles. The third-order valence-electron chi connectivity index (χ3n) is 3.37. The van der Waals surface area contributed by atoms with Crippen LogP contribution in [0.5, 0.6) is 0 Å². The van der Waals surface area contributed by atoms with Crippen LogP contribution in [0.25, 0.3) is 0 Å². The standard InChI is InChI=1S/C12H20N4/c1-9-7-16(8-11(9)15(2)3)10-4-5-14-12(13)6-10/h4-6,9,11H,7-8H2,1-3H3,(H2,13,14). The van der Waals surface area contributed by atoms with Gasteiger partial charge in [0, 0.05) is 37.1 Å². The van der Waals surface area contributed by atoms with Gasteiger partial charge in [-0.05, 0) is 26.1 Å². The van der Waals surface area contributed by atoms with Crippen molar-refractivity contribution in [3.05, 3.63) is 18.3 Å². The van der Waals surface area contributed by atoms with Crippen LogP contribution in [-0.4, -0.2) is 43.1 Å². The molecular weight excluding hydrogens is 200 g/mol. The number of nitrogen functional groups attached to an aromatic ring is 1. The van der Waals surface area contributed by atoms with Crippen LogP contribution in [0.3, 0.4) is 0 Å². The summed E-state index contributed by atoms with van der Waals surface area (Å²) in [5, 5.41) is 0. The van der Waals surface area contributed by atoms with Crippen molar-refractivity contribution >= 4 is 11.5 Å². The highest BCUT2D eigenvalue weighted by atomic mass is 15.2. The summed E-state index contributed by atoms with van der Waals surface area (Å²) < 4.78 is 0. The molecule has 1 aromatic rings. The molecule has 88 valence electrons. The number of aromatic nitrogens is 1. The van der Waals surface area contributed by atoms with Crippen molar-refractivity contribution in [3.8, 4) is 0 Å². The minimum Gasteiger partial charge on any atom is -0.384 e. The molecule has 1 fully saturated rings. The maximum atomic E-state index is 5.71. The Bertz CT molecular complexity index is 364. The molecular formula is C12H20N4. The van der Waals surface area contributed by atoms with E-state index in [4.69, 9.17) is 5.73 Å². The van der Waals surface area contributed by atoms with E-state index in [-0.39, 0.29) is 0 Å². The summed E-state index contributed by atoms with van der Waals surface area (Å²) in [6.45, 7) is 4.46. The van der Waals surface area contributed by atoms with Gasteiger partial charge >= 0.3 is 0 Å². The Kier molecular flexibility index (Phi) is 3.01. The minimum atomic E-state index is 0.596. The Balaban J connectivity index is 2.13. The maximum absolute atomic E-state index is 5.71. The van der Waals surface area contributed by atoms with Gasteiger partial charge in [0.05, 0.1) is 0 Å². The average molecular weight is 220 g/mol. The zero-order valence-corrected chi connectivity index (χ0v) is 10.2. The summed E-state index contributed by atoms with van der Waals surface area (Å²) in [6.07, 6.45) is 1.78. The van der Waals surface area contributed by atoms with Crippen LogP contribution in [0, 0.1) is 5.92 Å². The van der Waals surface area contributed by atoms with Gasteiger partial charge in [-0.25, -0.2) is 4.98 Å². The summed E-state index contributed by atoms with van der Waals surface area (Å²) in [5.74, 6) is 1.28. The van der Waals surface area contributed by atoms with E-state index in [9.17, 15) is 0 Å². The van der Waals surface area contributed by atoms with Crippen LogP contribution in [0.1, 0.15) is 6.92 Å². The van der Waals surface area contributed by atoms with Gasteiger partial charge in [-0.15, -0.1) is 0 Å². The predicted molar refractivity (Wildman–Crippen MR) is 67.5 cm³/mol. The number of anilines is 2. The minimum absolute atomic E-state index is 0.596. The van der Waals surface area contributed by atoms with Crippen molar-refractivity contribution in [2.24, 2.45) is 5.92 Å². The second-order valence-electron chi connectivity index (χ2n) is 4.85. The second kappa shape index (κ2) is 4.29. The summed E-state index contributed by atoms with van der Waals surface area (Å²) in [5.41, 5.74) is 6.89. The zero-order valence-electron chi connectivity index (χ0n) is 10.2. The highest BCUT2D eigenvalue weighted by Crippen LogP contribution is 2.26. The number of hydrogen-bond donors (Lipinski definition) is 1. The lowest BCUT2D eigenvalue weighted by molar-refractivity contribution is 0.266. The number of nitrogens with zero attached hydrogens (tertiary/aromatic N) is 3. The fourth-order valence-corrected chi connectivity index (χ4v) is 2.47.